The van der Waals surface area contributed by atoms with Crippen molar-refractivity contribution in [3.8, 4) is 0 Å². The highest BCUT2D eigenvalue weighted by Crippen LogP contribution is 2.25. The molecule has 0 radical (unpaired) electrons. The fraction of sp³-hybridized carbons (Fsp3) is 0.700. The number of carbonyl (C=O) groups excluding carboxylic acids is 1. The molecule has 0 aliphatic heterocycles. The van der Waals surface area contributed by atoms with Crippen molar-refractivity contribution in [1.29, 1.82) is 0 Å². The van der Waals surface area contributed by atoms with Crippen LogP contribution < -0.4 is 0 Å². The van der Waals surface area contributed by atoms with E-state index in [1.807, 2.05) is 0 Å². The molecule has 1 nitrogen and oxygen atoms in total. The molecule has 0 fully saturated rings. The van der Waals surface area contributed by atoms with Crippen LogP contribution in [0.4, 0.5) is 0 Å². The van der Waals surface area contributed by atoms with Crippen LogP contribution in [0.2, 0.25) is 0 Å². The highest BCUT2D eigenvalue weighted by molar-refractivity contribution is 5.75. The minimum absolute atomic E-state index is 0.336. The number of ketones is 1. The Morgan fingerprint density at radius 3 is 2.91 bits per heavy atom. The Bertz CT molecular complexity index is 179. The van der Waals surface area contributed by atoms with E-state index in [4.69, 9.17) is 0 Å². The normalized spacial score (nSPS) is 24.5. The van der Waals surface area contributed by atoms with Crippen molar-refractivity contribution in [3.63, 3.8) is 0 Å². The summed E-state index contributed by atoms with van der Waals surface area (Å²) in [6.45, 7) is 3.86. The van der Waals surface area contributed by atoms with E-state index in [-0.39, 0.29) is 0 Å². The summed E-state index contributed by atoms with van der Waals surface area (Å²) >= 11 is 0. The largest absolute Gasteiger partial charge is 0.300 e. The Hall–Kier alpha value is -0.590. The van der Waals surface area contributed by atoms with Crippen molar-refractivity contribution in [2.24, 2.45) is 5.92 Å². The van der Waals surface area contributed by atoms with Gasteiger partial charge in [0.05, 0.1) is 0 Å². The second-order valence-electron chi connectivity index (χ2n) is 3.60. The Kier molecular flexibility index (Phi) is 2.86. The van der Waals surface area contributed by atoms with Crippen molar-refractivity contribution >= 4 is 5.78 Å². The van der Waals surface area contributed by atoms with Crippen LogP contribution in [-0.4, -0.2) is 5.78 Å². The third kappa shape index (κ3) is 2.87. The van der Waals surface area contributed by atoms with Gasteiger partial charge < -0.3 is 4.79 Å². The standard InChI is InChI=1S/C10H16O/c1-8-3-5-10(6-4-8)7-9(2)11/h3,10H,4-7H2,1-2H3. The van der Waals surface area contributed by atoms with Crippen LogP contribution in [0.3, 0.4) is 0 Å². The average molecular weight is 152 g/mol. The molecule has 1 rings (SSSR count). The topological polar surface area (TPSA) is 17.1 Å². The molecule has 1 unspecified atom stereocenters. The first kappa shape index (κ1) is 8.51. The van der Waals surface area contributed by atoms with Gasteiger partial charge in [0.1, 0.15) is 5.78 Å². The lowest BCUT2D eigenvalue weighted by Crippen LogP contribution is -2.08. The molecule has 0 aromatic heterocycles. The van der Waals surface area contributed by atoms with E-state index in [1.165, 1.54) is 18.4 Å². The van der Waals surface area contributed by atoms with Crippen molar-refractivity contribution in [2.45, 2.75) is 39.5 Å². The van der Waals surface area contributed by atoms with Crippen molar-refractivity contribution < 1.29 is 4.79 Å². The van der Waals surface area contributed by atoms with Crippen LogP contribution in [0.5, 0.6) is 0 Å². The summed E-state index contributed by atoms with van der Waals surface area (Å²) in [5.41, 5.74) is 1.49. The summed E-state index contributed by atoms with van der Waals surface area (Å²) in [5.74, 6) is 0.971. The first-order chi connectivity index (χ1) is 5.18. The van der Waals surface area contributed by atoms with E-state index in [0.29, 0.717) is 11.7 Å². The van der Waals surface area contributed by atoms with E-state index in [9.17, 15) is 4.79 Å². The molecule has 11 heavy (non-hydrogen) atoms. The van der Waals surface area contributed by atoms with Crippen LogP contribution >= 0.6 is 0 Å². The molecule has 0 aromatic carbocycles. The third-order valence-electron chi connectivity index (χ3n) is 2.32. The fourth-order valence-electron chi connectivity index (χ4n) is 1.61. The minimum atomic E-state index is 0.336. The van der Waals surface area contributed by atoms with Gasteiger partial charge in [-0.2, -0.15) is 0 Å². The number of rotatable bonds is 2. The van der Waals surface area contributed by atoms with E-state index in [0.717, 1.165) is 12.8 Å². The van der Waals surface area contributed by atoms with Gasteiger partial charge >= 0.3 is 0 Å². The average Bonchev–Trinajstić information content (AvgIpc) is 1.93. The molecule has 0 aromatic rings. The Labute approximate surface area is 68.5 Å². The van der Waals surface area contributed by atoms with E-state index in [1.54, 1.807) is 6.92 Å². The molecular formula is C10H16O. The summed E-state index contributed by atoms with van der Waals surface area (Å²) in [6.07, 6.45) is 6.58. The summed E-state index contributed by atoms with van der Waals surface area (Å²) in [6, 6.07) is 0. The van der Waals surface area contributed by atoms with Crippen LogP contribution in [-0.2, 0) is 4.79 Å². The zero-order chi connectivity index (χ0) is 8.27. The lowest BCUT2D eigenvalue weighted by molar-refractivity contribution is -0.117. The molecule has 0 N–H and O–H groups in total. The van der Waals surface area contributed by atoms with Gasteiger partial charge in [-0.05, 0) is 39.0 Å². The maximum atomic E-state index is 10.8. The van der Waals surface area contributed by atoms with Gasteiger partial charge in [-0.3, -0.25) is 0 Å². The minimum Gasteiger partial charge on any atom is -0.300 e. The van der Waals surface area contributed by atoms with Gasteiger partial charge in [-0.25, -0.2) is 0 Å². The lowest BCUT2D eigenvalue weighted by Gasteiger charge is -2.18. The predicted molar refractivity (Wildman–Crippen MR) is 46.4 cm³/mol. The Morgan fingerprint density at radius 1 is 1.73 bits per heavy atom. The first-order valence-corrected chi connectivity index (χ1v) is 4.33. The van der Waals surface area contributed by atoms with E-state index >= 15 is 0 Å². The van der Waals surface area contributed by atoms with Gasteiger partial charge in [-0.1, -0.05) is 11.6 Å². The summed E-state index contributed by atoms with van der Waals surface area (Å²) in [5, 5.41) is 0. The second-order valence-corrected chi connectivity index (χ2v) is 3.60. The van der Waals surface area contributed by atoms with Crippen LogP contribution in [0, 0.1) is 5.92 Å². The maximum Gasteiger partial charge on any atom is 0.130 e. The molecule has 0 spiro atoms. The van der Waals surface area contributed by atoms with Crippen LogP contribution in [0.1, 0.15) is 39.5 Å². The zero-order valence-corrected chi connectivity index (χ0v) is 7.39. The summed E-state index contributed by atoms with van der Waals surface area (Å²) in [4.78, 5) is 10.8. The van der Waals surface area contributed by atoms with Gasteiger partial charge in [0, 0.05) is 6.42 Å². The maximum absolute atomic E-state index is 10.8. The molecule has 1 atom stereocenters. The van der Waals surface area contributed by atoms with Crippen molar-refractivity contribution in [2.75, 3.05) is 0 Å². The molecule has 1 aliphatic carbocycles. The second kappa shape index (κ2) is 3.70. The Morgan fingerprint density at radius 2 is 2.45 bits per heavy atom. The SMILES string of the molecule is CC(=O)CC1CC=C(C)CC1. The number of Topliss-reactive ketones (excluding diaryl/α,β-unsaturated/α-hetero) is 1. The third-order valence-corrected chi connectivity index (χ3v) is 2.32. The predicted octanol–water partition coefficient (Wildman–Crippen LogP) is 2.71. The fourth-order valence-corrected chi connectivity index (χ4v) is 1.61. The molecule has 0 amide bonds. The Balaban J connectivity index is 2.35. The summed E-state index contributed by atoms with van der Waals surface area (Å²) in [7, 11) is 0. The highest BCUT2D eigenvalue weighted by Gasteiger charge is 2.13. The van der Waals surface area contributed by atoms with Gasteiger partial charge in [0.25, 0.3) is 0 Å². The first-order valence-electron chi connectivity index (χ1n) is 4.33. The van der Waals surface area contributed by atoms with Crippen LogP contribution in [0.25, 0.3) is 0 Å². The molecule has 0 heterocycles. The molecule has 0 saturated carbocycles. The van der Waals surface area contributed by atoms with Gasteiger partial charge in [0.2, 0.25) is 0 Å². The lowest BCUT2D eigenvalue weighted by atomic mass is 9.87. The van der Waals surface area contributed by atoms with E-state index in [2.05, 4.69) is 13.0 Å². The number of hydrogen-bond acceptors (Lipinski definition) is 1. The highest BCUT2D eigenvalue weighted by atomic mass is 16.1. The smallest absolute Gasteiger partial charge is 0.130 e. The quantitative estimate of drug-likeness (QED) is 0.556. The number of hydrogen-bond donors (Lipinski definition) is 0. The number of allylic oxidation sites excluding steroid dienone is 2. The van der Waals surface area contributed by atoms with Crippen LogP contribution in [0.15, 0.2) is 11.6 Å². The molecule has 1 heteroatoms. The monoisotopic (exact) mass is 152 g/mol. The van der Waals surface area contributed by atoms with Crippen molar-refractivity contribution in [3.05, 3.63) is 11.6 Å². The summed E-state index contributed by atoms with van der Waals surface area (Å²) < 4.78 is 0. The molecule has 0 bridgehead atoms. The molecule has 0 saturated heterocycles. The molecule has 62 valence electrons. The van der Waals surface area contributed by atoms with Crippen molar-refractivity contribution in [1.82, 2.24) is 0 Å². The van der Waals surface area contributed by atoms with Gasteiger partial charge in [-0.15, -0.1) is 0 Å². The number of carbonyl (C=O) groups is 1. The zero-order valence-electron chi connectivity index (χ0n) is 7.39. The van der Waals surface area contributed by atoms with Gasteiger partial charge in [0.15, 0.2) is 0 Å². The van der Waals surface area contributed by atoms with E-state index < -0.39 is 0 Å². The molecular weight excluding hydrogens is 136 g/mol. The molecule has 1 aliphatic rings.